The number of amides is 1. The van der Waals surface area contributed by atoms with Crippen LogP contribution in [-0.2, 0) is 0 Å². The predicted octanol–water partition coefficient (Wildman–Crippen LogP) is 1.95. The Balaban J connectivity index is 1.72. The molecule has 6 heteroatoms. The molecule has 1 aliphatic rings. The number of hydrogen-bond donors (Lipinski definition) is 2. The largest absolute Gasteiger partial charge is 0.368 e. The number of H-pyrrole nitrogens is 1. The molecule has 1 fully saturated rings. The van der Waals surface area contributed by atoms with E-state index in [2.05, 4.69) is 21.3 Å². The molecule has 3 rings (SSSR count). The number of aromatic amines is 1. The molecule has 1 aliphatic heterocycles. The van der Waals surface area contributed by atoms with Gasteiger partial charge in [0.1, 0.15) is 6.07 Å². The Kier molecular flexibility index (Phi) is 4.85. The zero-order valence-corrected chi connectivity index (χ0v) is 14.1. The van der Waals surface area contributed by atoms with E-state index >= 15 is 0 Å². The monoisotopic (exact) mass is 336 g/mol. The highest BCUT2D eigenvalue weighted by molar-refractivity contribution is 5.95. The smallest absolute Gasteiger partial charge is 0.253 e. The molecule has 2 heterocycles. The van der Waals surface area contributed by atoms with Crippen LogP contribution >= 0.6 is 0 Å². The Morgan fingerprint density at radius 1 is 1.40 bits per heavy atom. The zero-order chi connectivity index (χ0) is 17.8. The summed E-state index contributed by atoms with van der Waals surface area (Å²) in [6, 6.07) is 11.2. The van der Waals surface area contributed by atoms with Gasteiger partial charge in [0.05, 0.1) is 16.8 Å². The summed E-state index contributed by atoms with van der Waals surface area (Å²) in [5.41, 5.74) is 2.47. The molecule has 0 saturated carbocycles. The van der Waals surface area contributed by atoms with E-state index in [4.69, 9.17) is 0 Å². The Morgan fingerprint density at radius 3 is 2.96 bits per heavy atom. The number of pyridine rings is 1. The van der Waals surface area contributed by atoms with Gasteiger partial charge in [-0.25, -0.2) is 0 Å². The summed E-state index contributed by atoms with van der Waals surface area (Å²) in [5.74, 6) is -0.186. The van der Waals surface area contributed by atoms with Gasteiger partial charge in [-0.15, -0.1) is 0 Å². The number of nitrogens with zero attached hydrogens (tertiary/aromatic N) is 2. The lowest BCUT2D eigenvalue weighted by Gasteiger charge is -2.35. The topological polar surface area (TPSA) is 89.0 Å². The summed E-state index contributed by atoms with van der Waals surface area (Å²) >= 11 is 0. The van der Waals surface area contributed by atoms with E-state index in [0.29, 0.717) is 23.2 Å². The lowest BCUT2D eigenvalue weighted by molar-refractivity contribution is 0.0932. The van der Waals surface area contributed by atoms with Crippen molar-refractivity contribution in [3.63, 3.8) is 0 Å². The van der Waals surface area contributed by atoms with Crippen molar-refractivity contribution in [1.82, 2.24) is 10.3 Å². The molecule has 2 aromatic rings. The number of benzene rings is 1. The summed E-state index contributed by atoms with van der Waals surface area (Å²) < 4.78 is 0. The number of hydrogen-bond acceptors (Lipinski definition) is 4. The molecule has 0 aliphatic carbocycles. The second kappa shape index (κ2) is 7.22. The minimum atomic E-state index is -0.217. The number of aromatic nitrogens is 1. The van der Waals surface area contributed by atoms with Crippen molar-refractivity contribution in [3.8, 4) is 6.07 Å². The summed E-state index contributed by atoms with van der Waals surface area (Å²) in [6.07, 6.45) is 3.28. The maximum absolute atomic E-state index is 12.5. The van der Waals surface area contributed by atoms with Crippen LogP contribution in [0, 0.1) is 18.3 Å². The summed E-state index contributed by atoms with van der Waals surface area (Å²) in [4.78, 5) is 28.5. The highest BCUT2D eigenvalue weighted by Gasteiger charge is 2.24. The molecule has 0 spiro atoms. The van der Waals surface area contributed by atoms with E-state index in [9.17, 15) is 14.9 Å². The van der Waals surface area contributed by atoms with Crippen LogP contribution in [0.5, 0.6) is 0 Å². The van der Waals surface area contributed by atoms with Crippen molar-refractivity contribution in [1.29, 1.82) is 5.26 Å². The zero-order valence-electron chi connectivity index (χ0n) is 14.1. The molecule has 0 bridgehead atoms. The van der Waals surface area contributed by atoms with Crippen LogP contribution in [0.25, 0.3) is 0 Å². The molecule has 1 amide bonds. The van der Waals surface area contributed by atoms with Crippen molar-refractivity contribution in [3.05, 3.63) is 63.6 Å². The Labute approximate surface area is 146 Å². The van der Waals surface area contributed by atoms with Gasteiger partial charge in [0.15, 0.2) is 0 Å². The lowest BCUT2D eigenvalue weighted by atomic mass is 10.0. The minimum Gasteiger partial charge on any atom is -0.368 e. The molecule has 6 nitrogen and oxygen atoms in total. The van der Waals surface area contributed by atoms with E-state index in [1.165, 1.54) is 12.3 Å². The number of carbonyl (C=O) groups excluding carboxylic acids is 1. The van der Waals surface area contributed by atoms with Gasteiger partial charge in [0.2, 0.25) is 5.56 Å². The molecular weight excluding hydrogens is 316 g/mol. The Bertz CT molecular complexity index is 881. The molecule has 1 atom stereocenters. The number of rotatable bonds is 3. The van der Waals surface area contributed by atoms with Crippen molar-refractivity contribution < 1.29 is 4.79 Å². The van der Waals surface area contributed by atoms with Crippen LogP contribution in [-0.4, -0.2) is 30.0 Å². The van der Waals surface area contributed by atoms with E-state index in [-0.39, 0.29) is 17.5 Å². The normalized spacial score (nSPS) is 17.0. The third kappa shape index (κ3) is 3.72. The second-order valence-corrected chi connectivity index (χ2v) is 6.28. The third-order valence-corrected chi connectivity index (χ3v) is 4.50. The fourth-order valence-corrected chi connectivity index (χ4v) is 3.24. The molecule has 1 saturated heterocycles. The number of piperidine rings is 1. The molecule has 1 unspecified atom stereocenters. The first-order valence-electron chi connectivity index (χ1n) is 8.33. The highest BCUT2D eigenvalue weighted by Crippen LogP contribution is 2.23. The van der Waals surface area contributed by atoms with Crippen LogP contribution in [0.15, 0.2) is 41.3 Å². The van der Waals surface area contributed by atoms with Gasteiger partial charge >= 0.3 is 0 Å². The maximum atomic E-state index is 12.5. The number of carbonyl (C=O) groups is 1. The average Bonchev–Trinajstić information content (AvgIpc) is 2.61. The molecule has 2 N–H and O–H groups in total. The minimum absolute atomic E-state index is 0.000623. The van der Waals surface area contributed by atoms with Crippen molar-refractivity contribution in [2.75, 3.05) is 18.0 Å². The standard InChI is InChI=1S/C19H20N4O2/c1-13-9-18(24)21-11-16(13)19(25)22-15-6-4-8-23(12-15)17-7-3-2-5-14(17)10-20/h2-3,5,7,9,11,15H,4,6,8,12H2,1H3,(H,21,24)(H,22,25). The number of anilines is 1. The summed E-state index contributed by atoms with van der Waals surface area (Å²) in [7, 11) is 0. The third-order valence-electron chi connectivity index (χ3n) is 4.50. The van der Waals surface area contributed by atoms with Crippen LogP contribution in [0.2, 0.25) is 0 Å². The predicted molar refractivity (Wildman–Crippen MR) is 95.7 cm³/mol. The quantitative estimate of drug-likeness (QED) is 0.896. The van der Waals surface area contributed by atoms with Gasteiger partial charge in [0, 0.05) is 31.4 Å². The van der Waals surface area contributed by atoms with Gasteiger partial charge in [0.25, 0.3) is 5.91 Å². The van der Waals surface area contributed by atoms with E-state index in [0.717, 1.165) is 25.1 Å². The van der Waals surface area contributed by atoms with Crippen LogP contribution in [0.1, 0.15) is 34.3 Å². The van der Waals surface area contributed by atoms with Crippen molar-refractivity contribution in [2.45, 2.75) is 25.8 Å². The fourth-order valence-electron chi connectivity index (χ4n) is 3.24. The van der Waals surface area contributed by atoms with Crippen LogP contribution in [0.4, 0.5) is 5.69 Å². The fraction of sp³-hybridized carbons (Fsp3) is 0.316. The summed E-state index contributed by atoms with van der Waals surface area (Å²) in [6.45, 7) is 3.27. The van der Waals surface area contributed by atoms with Crippen molar-refractivity contribution in [2.24, 2.45) is 0 Å². The average molecular weight is 336 g/mol. The highest BCUT2D eigenvalue weighted by atomic mass is 16.2. The molecule has 1 aromatic heterocycles. The van der Waals surface area contributed by atoms with Gasteiger partial charge in [-0.05, 0) is 37.5 Å². The first-order valence-corrected chi connectivity index (χ1v) is 8.33. The lowest BCUT2D eigenvalue weighted by Crippen LogP contribution is -2.48. The second-order valence-electron chi connectivity index (χ2n) is 6.28. The molecule has 0 radical (unpaired) electrons. The van der Waals surface area contributed by atoms with Gasteiger partial charge < -0.3 is 15.2 Å². The van der Waals surface area contributed by atoms with Gasteiger partial charge in [-0.3, -0.25) is 9.59 Å². The number of nitriles is 1. The number of para-hydroxylation sites is 1. The molecule has 128 valence electrons. The number of aryl methyl sites for hydroxylation is 1. The van der Waals surface area contributed by atoms with Crippen LogP contribution in [0.3, 0.4) is 0 Å². The van der Waals surface area contributed by atoms with Gasteiger partial charge in [-0.1, -0.05) is 12.1 Å². The SMILES string of the molecule is Cc1cc(=O)[nH]cc1C(=O)NC1CCCN(c2ccccc2C#N)C1. The first-order chi connectivity index (χ1) is 12.1. The van der Waals surface area contributed by atoms with E-state index in [1.54, 1.807) is 13.0 Å². The maximum Gasteiger partial charge on any atom is 0.253 e. The Morgan fingerprint density at radius 2 is 2.20 bits per heavy atom. The number of nitrogens with one attached hydrogen (secondary N) is 2. The molecular formula is C19H20N4O2. The van der Waals surface area contributed by atoms with Gasteiger partial charge in [-0.2, -0.15) is 5.26 Å². The molecule has 1 aromatic carbocycles. The molecule has 25 heavy (non-hydrogen) atoms. The van der Waals surface area contributed by atoms with E-state index in [1.807, 2.05) is 18.2 Å². The first kappa shape index (κ1) is 16.8. The van der Waals surface area contributed by atoms with Crippen LogP contribution < -0.4 is 15.8 Å². The summed E-state index contributed by atoms with van der Waals surface area (Å²) in [5, 5.41) is 12.3. The van der Waals surface area contributed by atoms with Crippen molar-refractivity contribution >= 4 is 11.6 Å². The van der Waals surface area contributed by atoms with E-state index < -0.39 is 0 Å². The Hall–Kier alpha value is -3.07.